The number of carboxylic acid groups (broad SMARTS) is 1. The molecule has 6 nitrogen and oxygen atoms in total. The van der Waals surface area contributed by atoms with Crippen LogP contribution in [0.25, 0.3) is 0 Å². The number of aliphatic carboxylic acids is 1. The second-order valence-corrected chi connectivity index (χ2v) is 4.47. The molecule has 2 atom stereocenters. The summed E-state index contributed by atoms with van der Waals surface area (Å²) in [5.41, 5.74) is 4.78. The topological polar surface area (TPSA) is 102 Å². The van der Waals surface area contributed by atoms with Gasteiger partial charge in [0.15, 0.2) is 0 Å². The monoisotopic (exact) mass is 244 g/mol. The van der Waals surface area contributed by atoms with E-state index in [1.165, 1.54) is 0 Å². The van der Waals surface area contributed by atoms with Gasteiger partial charge in [-0.25, -0.2) is 4.79 Å². The number of nitrogens with one attached hydrogen (secondary N) is 1. The number of rotatable bonds is 6. The van der Waals surface area contributed by atoms with Gasteiger partial charge in [0.2, 0.25) is 5.91 Å². The van der Waals surface area contributed by atoms with Crippen molar-refractivity contribution in [3.05, 3.63) is 0 Å². The van der Waals surface area contributed by atoms with Crippen LogP contribution in [0.1, 0.15) is 32.6 Å². The predicted octanol–water partition coefficient (Wildman–Crippen LogP) is -0.136. The molecular weight excluding hydrogens is 224 g/mol. The average Bonchev–Trinajstić information content (AvgIpc) is 2.72. The van der Waals surface area contributed by atoms with Gasteiger partial charge >= 0.3 is 5.97 Å². The van der Waals surface area contributed by atoms with Gasteiger partial charge in [0, 0.05) is 6.61 Å². The summed E-state index contributed by atoms with van der Waals surface area (Å²) in [5.74, 6) is -1.45. The number of carbonyl (C=O) groups is 2. The van der Waals surface area contributed by atoms with Crippen LogP contribution in [-0.2, 0) is 14.3 Å². The minimum absolute atomic E-state index is 0.152. The fourth-order valence-electron chi connectivity index (χ4n) is 1.73. The molecule has 0 aromatic rings. The lowest BCUT2D eigenvalue weighted by atomic mass is 9.98. The summed E-state index contributed by atoms with van der Waals surface area (Å²) < 4.78 is 5.07. The van der Waals surface area contributed by atoms with E-state index >= 15 is 0 Å². The smallest absolute Gasteiger partial charge is 0.326 e. The Balaban J connectivity index is 2.54. The van der Waals surface area contributed by atoms with Crippen molar-refractivity contribution >= 4 is 11.9 Å². The molecule has 0 aromatic carbocycles. The van der Waals surface area contributed by atoms with Gasteiger partial charge in [-0.3, -0.25) is 4.79 Å². The molecule has 4 N–H and O–H groups in total. The van der Waals surface area contributed by atoms with E-state index in [4.69, 9.17) is 15.6 Å². The Bertz CT molecular complexity index is 287. The van der Waals surface area contributed by atoms with Gasteiger partial charge in [-0.05, 0) is 12.8 Å². The highest BCUT2D eigenvalue weighted by atomic mass is 16.5. The molecule has 0 spiro atoms. The maximum Gasteiger partial charge on any atom is 0.326 e. The minimum atomic E-state index is -1.07. The Kier molecular flexibility index (Phi) is 4.89. The molecule has 1 aliphatic heterocycles. The first-order chi connectivity index (χ1) is 7.99. The predicted molar refractivity (Wildman–Crippen MR) is 61.4 cm³/mol. The van der Waals surface area contributed by atoms with Crippen molar-refractivity contribution in [3.8, 4) is 0 Å². The van der Waals surface area contributed by atoms with Crippen molar-refractivity contribution in [3.63, 3.8) is 0 Å². The number of carboxylic acids is 1. The molecule has 1 fully saturated rings. The summed E-state index contributed by atoms with van der Waals surface area (Å²) >= 11 is 0. The average molecular weight is 244 g/mol. The van der Waals surface area contributed by atoms with Gasteiger partial charge in [0.1, 0.15) is 11.6 Å². The molecule has 98 valence electrons. The molecule has 1 aliphatic rings. The van der Waals surface area contributed by atoms with Gasteiger partial charge in [-0.1, -0.05) is 19.8 Å². The van der Waals surface area contributed by atoms with E-state index in [0.29, 0.717) is 19.4 Å². The number of unbranched alkanes of at least 4 members (excludes halogenated alkanes) is 1. The van der Waals surface area contributed by atoms with Gasteiger partial charge < -0.3 is 20.9 Å². The van der Waals surface area contributed by atoms with Gasteiger partial charge in [0.05, 0.1) is 6.61 Å². The third kappa shape index (κ3) is 3.67. The van der Waals surface area contributed by atoms with Gasteiger partial charge in [-0.15, -0.1) is 0 Å². The molecular formula is C11H20N2O4. The lowest BCUT2D eigenvalue weighted by molar-refractivity contribution is -0.143. The van der Waals surface area contributed by atoms with Crippen molar-refractivity contribution in [2.24, 2.45) is 5.73 Å². The molecule has 1 saturated heterocycles. The zero-order valence-corrected chi connectivity index (χ0v) is 10.1. The van der Waals surface area contributed by atoms with Crippen molar-refractivity contribution in [2.45, 2.75) is 44.2 Å². The number of nitrogens with two attached hydrogens (primary N) is 1. The van der Waals surface area contributed by atoms with Gasteiger partial charge in [0.25, 0.3) is 0 Å². The van der Waals surface area contributed by atoms with Crippen molar-refractivity contribution in [2.75, 3.05) is 13.2 Å². The Labute approximate surface area is 101 Å². The third-order valence-corrected chi connectivity index (χ3v) is 2.95. The van der Waals surface area contributed by atoms with E-state index in [0.717, 1.165) is 12.8 Å². The second-order valence-electron chi connectivity index (χ2n) is 4.47. The first-order valence-electron chi connectivity index (χ1n) is 5.90. The molecule has 1 rings (SSSR count). The molecule has 17 heavy (non-hydrogen) atoms. The van der Waals surface area contributed by atoms with Crippen LogP contribution in [0.2, 0.25) is 0 Å². The van der Waals surface area contributed by atoms with E-state index in [2.05, 4.69) is 5.32 Å². The number of hydrogen-bond acceptors (Lipinski definition) is 4. The van der Waals surface area contributed by atoms with Crippen LogP contribution in [0.15, 0.2) is 0 Å². The molecule has 1 heterocycles. The van der Waals surface area contributed by atoms with Crippen LogP contribution in [0.5, 0.6) is 0 Å². The van der Waals surface area contributed by atoms with Crippen LogP contribution >= 0.6 is 0 Å². The van der Waals surface area contributed by atoms with Crippen LogP contribution < -0.4 is 11.1 Å². The SMILES string of the molecule is CCCCC(NC(=O)C1(N)CCOC1)C(=O)O. The van der Waals surface area contributed by atoms with Crippen molar-refractivity contribution in [1.29, 1.82) is 0 Å². The normalized spacial score (nSPS) is 25.5. The fourth-order valence-corrected chi connectivity index (χ4v) is 1.73. The van der Waals surface area contributed by atoms with E-state index in [1.54, 1.807) is 0 Å². The molecule has 6 heteroatoms. The standard InChI is InChI=1S/C11H20N2O4/c1-2-3-4-8(9(14)15)13-10(16)11(12)5-6-17-7-11/h8H,2-7,12H2,1H3,(H,13,16)(H,14,15). The Morgan fingerprint density at radius 1 is 1.59 bits per heavy atom. The third-order valence-electron chi connectivity index (χ3n) is 2.95. The molecule has 0 radical (unpaired) electrons. The summed E-state index contributed by atoms with van der Waals surface area (Å²) in [6.07, 6.45) is 2.50. The molecule has 0 bridgehead atoms. The number of carbonyl (C=O) groups excluding carboxylic acids is 1. The van der Waals surface area contributed by atoms with Gasteiger partial charge in [-0.2, -0.15) is 0 Å². The summed E-state index contributed by atoms with van der Waals surface area (Å²) in [4.78, 5) is 22.8. The van der Waals surface area contributed by atoms with Crippen LogP contribution in [0.4, 0.5) is 0 Å². The lowest BCUT2D eigenvalue weighted by Crippen LogP contribution is -2.58. The summed E-state index contributed by atoms with van der Waals surface area (Å²) in [5, 5.41) is 11.5. The Morgan fingerprint density at radius 3 is 2.76 bits per heavy atom. The van der Waals surface area contributed by atoms with Crippen molar-refractivity contribution < 1.29 is 19.4 Å². The lowest BCUT2D eigenvalue weighted by Gasteiger charge is -2.23. The maximum atomic E-state index is 11.9. The quantitative estimate of drug-likeness (QED) is 0.604. The van der Waals surface area contributed by atoms with E-state index in [1.807, 2.05) is 6.92 Å². The fraction of sp³-hybridized carbons (Fsp3) is 0.818. The van der Waals surface area contributed by atoms with E-state index in [-0.39, 0.29) is 6.61 Å². The Hall–Kier alpha value is -1.14. The highest BCUT2D eigenvalue weighted by molar-refractivity contribution is 5.90. The largest absolute Gasteiger partial charge is 0.480 e. The molecule has 0 aromatic heterocycles. The summed E-state index contributed by atoms with van der Waals surface area (Å²) in [7, 11) is 0. The number of amides is 1. The maximum absolute atomic E-state index is 11.9. The van der Waals surface area contributed by atoms with Crippen LogP contribution in [-0.4, -0.2) is 41.8 Å². The summed E-state index contributed by atoms with van der Waals surface area (Å²) in [6, 6.07) is -0.858. The number of ether oxygens (including phenoxy) is 1. The molecule has 2 unspecified atom stereocenters. The highest BCUT2D eigenvalue weighted by Crippen LogP contribution is 2.16. The zero-order valence-electron chi connectivity index (χ0n) is 10.1. The molecule has 0 saturated carbocycles. The Morgan fingerprint density at radius 2 is 2.29 bits per heavy atom. The second kappa shape index (κ2) is 5.97. The molecule has 0 aliphatic carbocycles. The number of hydrogen-bond donors (Lipinski definition) is 3. The zero-order chi connectivity index (χ0) is 12.9. The van der Waals surface area contributed by atoms with Crippen molar-refractivity contribution in [1.82, 2.24) is 5.32 Å². The van der Waals surface area contributed by atoms with Crippen LogP contribution in [0, 0.1) is 0 Å². The first kappa shape index (κ1) is 13.9. The van der Waals surface area contributed by atoms with Crippen LogP contribution in [0.3, 0.4) is 0 Å². The molecule has 1 amide bonds. The van der Waals surface area contributed by atoms with E-state index < -0.39 is 23.5 Å². The first-order valence-corrected chi connectivity index (χ1v) is 5.90. The van der Waals surface area contributed by atoms with E-state index in [9.17, 15) is 9.59 Å². The highest BCUT2D eigenvalue weighted by Gasteiger charge is 2.39. The summed E-state index contributed by atoms with van der Waals surface area (Å²) in [6.45, 7) is 2.56. The minimum Gasteiger partial charge on any atom is -0.480 e.